The van der Waals surface area contributed by atoms with Gasteiger partial charge in [-0.05, 0) is 56.2 Å². The average Bonchev–Trinajstić information content (AvgIpc) is 3.45. The molecule has 2 fully saturated rings. The van der Waals surface area contributed by atoms with Crippen molar-refractivity contribution >= 4 is 22.5 Å². The Kier molecular flexibility index (Phi) is 4.68. The largest absolute Gasteiger partial charge is 0.381 e. The summed E-state index contributed by atoms with van der Waals surface area (Å²) in [6.45, 7) is 0. The number of pyridine rings is 1. The van der Waals surface area contributed by atoms with E-state index >= 15 is 0 Å². The SMILES string of the molecule is COC1CCC(NC(=O)c2cnn3ccc(-c4c[nH]c5nc(C6CC6)ncc45)cc23)CC1. The van der Waals surface area contributed by atoms with Crippen molar-refractivity contribution in [2.24, 2.45) is 0 Å². The summed E-state index contributed by atoms with van der Waals surface area (Å²) in [6.07, 6.45) is 13.9. The Bertz CT molecular complexity index is 1300. The number of nitrogens with one attached hydrogen (secondary N) is 2. The van der Waals surface area contributed by atoms with Crippen molar-refractivity contribution in [2.45, 2.75) is 56.6 Å². The van der Waals surface area contributed by atoms with E-state index in [1.54, 1.807) is 17.8 Å². The van der Waals surface area contributed by atoms with Crippen LogP contribution in [0.2, 0.25) is 0 Å². The van der Waals surface area contributed by atoms with Crippen LogP contribution in [0.5, 0.6) is 0 Å². The zero-order valence-corrected chi connectivity index (χ0v) is 18.0. The van der Waals surface area contributed by atoms with Crippen molar-refractivity contribution in [1.29, 1.82) is 0 Å². The molecule has 0 aromatic carbocycles. The van der Waals surface area contributed by atoms with Crippen LogP contribution in [0.1, 0.15) is 60.6 Å². The fourth-order valence-corrected chi connectivity index (χ4v) is 4.73. The number of rotatable bonds is 5. The molecule has 0 radical (unpaired) electrons. The number of carbonyl (C=O) groups excluding carboxylic acids is 1. The summed E-state index contributed by atoms with van der Waals surface area (Å²) < 4.78 is 7.18. The van der Waals surface area contributed by atoms with Crippen LogP contribution in [0.25, 0.3) is 27.7 Å². The van der Waals surface area contributed by atoms with Crippen molar-refractivity contribution in [3.63, 3.8) is 0 Å². The Morgan fingerprint density at radius 2 is 2.03 bits per heavy atom. The van der Waals surface area contributed by atoms with Crippen LogP contribution in [0.4, 0.5) is 0 Å². The molecule has 2 saturated carbocycles. The van der Waals surface area contributed by atoms with Gasteiger partial charge in [-0.3, -0.25) is 4.79 Å². The van der Waals surface area contributed by atoms with E-state index in [1.807, 2.05) is 30.7 Å². The van der Waals surface area contributed by atoms with Gasteiger partial charge in [-0.15, -0.1) is 0 Å². The number of hydrogen-bond acceptors (Lipinski definition) is 5. The molecule has 164 valence electrons. The second-order valence-corrected chi connectivity index (χ2v) is 8.95. The third kappa shape index (κ3) is 3.44. The van der Waals surface area contributed by atoms with Crippen molar-refractivity contribution < 1.29 is 9.53 Å². The second kappa shape index (κ2) is 7.70. The van der Waals surface area contributed by atoms with E-state index in [0.717, 1.165) is 59.2 Å². The summed E-state index contributed by atoms with van der Waals surface area (Å²) >= 11 is 0. The molecule has 0 spiro atoms. The molecule has 2 aliphatic rings. The number of ether oxygens (including phenoxy) is 1. The Morgan fingerprint density at radius 3 is 2.81 bits per heavy atom. The number of hydrogen-bond donors (Lipinski definition) is 2. The molecule has 1 amide bonds. The quantitative estimate of drug-likeness (QED) is 0.501. The van der Waals surface area contributed by atoms with E-state index in [0.29, 0.717) is 17.6 Å². The van der Waals surface area contributed by atoms with Gasteiger partial charge in [0.15, 0.2) is 0 Å². The fourth-order valence-electron chi connectivity index (χ4n) is 4.73. The van der Waals surface area contributed by atoms with E-state index in [2.05, 4.69) is 20.4 Å². The van der Waals surface area contributed by atoms with Gasteiger partial charge in [0.2, 0.25) is 0 Å². The number of methoxy groups -OCH3 is 1. The van der Waals surface area contributed by atoms with Crippen LogP contribution < -0.4 is 5.32 Å². The van der Waals surface area contributed by atoms with Crippen LogP contribution in [-0.2, 0) is 4.74 Å². The summed E-state index contributed by atoms with van der Waals surface area (Å²) in [4.78, 5) is 25.6. The lowest BCUT2D eigenvalue weighted by atomic mass is 9.93. The third-order valence-corrected chi connectivity index (χ3v) is 6.81. The molecule has 8 nitrogen and oxygen atoms in total. The Labute approximate surface area is 185 Å². The van der Waals surface area contributed by atoms with Gasteiger partial charge in [-0.2, -0.15) is 5.10 Å². The van der Waals surface area contributed by atoms with Crippen LogP contribution in [0, 0.1) is 0 Å². The highest BCUT2D eigenvalue weighted by molar-refractivity contribution is 6.02. The Morgan fingerprint density at radius 1 is 1.19 bits per heavy atom. The minimum Gasteiger partial charge on any atom is -0.381 e. The molecule has 0 aliphatic heterocycles. The molecule has 2 aliphatic carbocycles. The van der Waals surface area contributed by atoms with Crippen molar-refractivity contribution in [3.8, 4) is 11.1 Å². The highest BCUT2D eigenvalue weighted by Crippen LogP contribution is 2.39. The molecule has 8 heteroatoms. The molecule has 0 saturated heterocycles. The molecular weight excluding hydrogens is 404 g/mol. The standard InChI is InChI=1S/C24H26N6O2/c1-32-17-6-4-16(5-7-17)28-24(31)20-13-27-30-9-8-15(10-21(20)30)18-11-26-23-19(18)12-25-22(29-23)14-2-3-14/h8-14,16-17H,2-7H2,1H3,(H,28,31)(H,25,26,29). The minimum atomic E-state index is -0.0747. The van der Waals surface area contributed by atoms with Gasteiger partial charge in [0.25, 0.3) is 5.91 Å². The first kappa shape index (κ1) is 19.4. The summed E-state index contributed by atoms with van der Waals surface area (Å²) in [5, 5.41) is 8.56. The van der Waals surface area contributed by atoms with Gasteiger partial charge in [-0.25, -0.2) is 14.5 Å². The third-order valence-electron chi connectivity index (χ3n) is 6.81. The van der Waals surface area contributed by atoms with E-state index in [4.69, 9.17) is 9.72 Å². The number of H-pyrrole nitrogens is 1. The van der Waals surface area contributed by atoms with Gasteiger partial charge in [0, 0.05) is 48.6 Å². The number of aromatic amines is 1. The predicted molar refractivity (Wildman–Crippen MR) is 121 cm³/mol. The first-order valence-electron chi connectivity index (χ1n) is 11.3. The first-order valence-corrected chi connectivity index (χ1v) is 11.3. The molecular formula is C24H26N6O2. The Hall–Kier alpha value is -3.26. The van der Waals surface area contributed by atoms with E-state index in [-0.39, 0.29) is 11.9 Å². The van der Waals surface area contributed by atoms with Crippen LogP contribution >= 0.6 is 0 Å². The molecule has 32 heavy (non-hydrogen) atoms. The van der Waals surface area contributed by atoms with E-state index in [9.17, 15) is 4.79 Å². The average molecular weight is 431 g/mol. The lowest BCUT2D eigenvalue weighted by molar-refractivity contribution is 0.0599. The number of aromatic nitrogens is 5. The maximum absolute atomic E-state index is 13.0. The smallest absolute Gasteiger partial charge is 0.255 e. The van der Waals surface area contributed by atoms with Crippen LogP contribution in [0.3, 0.4) is 0 Å². The van der Waals surface area contributed by atoms with Crippen molar-refractivity contribution in [2.75, 3.05) is 7.11 Å². The molecule has 0 bridgehead atoms. The van der Waals surface area contributed by atoms with E-state index < -0.39 is 0 Å². The number of fused-ring (bicyclic) bond motifs is 2. The molecule has 4 aromatic rings. The number of nitrogens with zero attached hydrogens (tertiary/aromatic N) is 4. The van der Waals surface area contributed by atoms with Gasteiger partial charge in [0.05, 0.1) is 23.4 Å². The normalized spacial score (nSPS) is 21.3. The van der Waals surface area contributed by atoms with E-state index in [1.165, 1.54) is 12.8 Å². The van der Waals surface area contributed by atoms with Gasteiger partial charge in [0.1, 0.15) is 11.5 Å². The summed E-state index contributed by atoms with van der Waals surface area (Å²) in [5.74, 6) is 1.37. The number of amides is 1. The van der Waals surface area contributed by atoms with Gasteiger partial charge in [-0.1, -0.05) is 0 Å². The van der Waals surface area contributed by atoms with Crippen molar-refractivity contribution in [3.05, 3.63) is 48.3 Å². The monoisotopic (exact) mass is 430 g/mol. The molecule has 4 heterocycles. The summed E-state index contributed by atoms with van der Waals surface area (Å²) in [7, 11) is 1.76. The molecule has 6 rings (SSSR count). The highest BCUT2D eigenvalue weighted by Gasteiger charge is 2.27. The van der Waals surface area contributed by atoms with Crippen LogP contribution in [0.15, 0.2) is 36.9 Å². The summed E-state index contributed by atoms with van der Waals surface area (Å²) in [6, 6.07) is 4.20. The highest BCUT2D eigenvalue weighted by atomic mass is 16.5. The Balaban J connectivity index is 1.28. The van der Waals surface area contributed by atoms with Gasteiger partial charge >= 0.3 is 0 Å². The summed E-state index contributed by atoms with van der Waals surface area (Å²) in [5.41, 5.74) is 4.26. The van der Waals surface area contributed by atoms with Gasteiger partial charge < -0.3 is 15.0 Å². The lowest BCUT2D eigenvalue weighted by Gasteiger charge is -2.28. The fraction of sp³-hybridized carbons (Fsp3) is 0.417. The first-order chi connectivity index (χ1) is 15.7. The molecule has 4 aromatic heterocycles. The second-order valence-electron chi connectivity index (χ2n) is 8.95. The number of carbonyl (C=O) groups is 1. The maximum Gasteiger partial charge on any atom is 0.255 e. The van der Waals surface area contributed by atoms with Crippen molar-refractivity contribution in [1.82, 2.24) is 29.9 Å². The molecule has 0 atom stereocenters. The zero-order valence-electron chi connectivity index (χ0n) is 18.0. The predicted octanol–water partition coefficient (Wildman–Crippen LogP) is 3.84. The lowest BCUT2D eigenvalue weighted by Crippen LogP contribution is -2.38. The topological polar surface area (TPSA) is 97.2 Å². The molecule has 0 unspecified atom stereocenters. The van der Waals surface area contributed by atoms with Crippen LogP contribution in [-0.4, -0.2) is 49.7 Å². The maximum atomic E-state index is 13.0. The molecule has 2 N–H and O–H groups in total. The zero-order chi connectivity index (χ0) is 21.7. The minimum absolute atomic E-state index is 0.0747.